The molecule has 0 radical (unpaired) electrons. The van der Waals surface area contributed by atoms with Gasteiger partial charge in [-0.2, -0.15) is 4.31 Å². The molecule has 3 aromatic carbocycles. The van der Waals surface area contributed by atoms with E-state index in [2.05, 4.69) is 5.32 Å². The van der Waals surface area contributed by atoms with Crippen molar-refractivity contribution < 1.29 is 26.4 Å². The number of sulfonamides is 1. The lowest BCUT2D eigenvalue weighted by Crippen LogP contribution is -2.44. The highest BCUT2D eigenvalue weighted by Crippen LogP contribution is 2.28. The first kappa shape index (κ1) is 24.0. The van der Waals surface area contributed by atoms with Crippen molar-refractivity contribution in [3.63, 3.8) is 0 Å². The Bertz CT molecular complexity index is 1260. The first-order valence-electron chi connectivity index (χ1n) is 10.8. The molecular formula is C25H23F3N2O3S. The zero-order chi connectivity index (χ0) is 24.3. The van der Waals surface area contributed by atoms with E-state index in [1.165, 1.54) is 12.1 Å². The van der Waals surface area contributed by atoms with Gasteiger partial charge in [0.05, 0.1) is 6.04 Å². The van der Waals surface area contributed by atoms with Gasteiger partial charge in [0.1, 0.15) is 22.3 Å². The second-order valence-electron chi connectivity index (χ2n) is 8.16. The Morgan fingerprint density at radius 3 is 2.09 bits per heavy atom. The minimum atomic E-state index is -4.23. The fourth-order valence-corrected chi connectivity index (χ4v) is 5.64. The second-order valence-corrected chi connectivity index (χ2v) is 10.1. The van der Waals surface area contributed by atoms with Crippen LogP contribution in [0.2, 0.25) is 0 Å². The summed E-state index contributed by atoms with van der Waals surface area (Å²) in [7, 11) is -4.23. The van der Waals surface area contributed by atoms with E-state index in [0.29, 0.717) is 11.6 Å². The largest absolute Gasteiger partial charge is 0.345 e. The van der Waals surface area contributed by atoms with Gasteiger partial charge < -0.3 is 5.32 Å². The summed E-state index contributed by atoms with van der Waals surface area (Å²) in [4.78, 5) is 12.4. The third kappa shape index (κ3) is 5.15. The molecule has 34 heavy (non-hydrogen) atoms. The Labute approximate surface area is 196 Å². The number of carbonyl (C=O) groups excluding carboxylic acids is 1. The van der Waals surface area contributed by atoms with Crippen molar-refractivity contribution in [1.82, 2.24) is 9.62 Å². The molecular weight excluding hydrogens is 465 g/mol. The zero-order valence-corrected chi connectivity index (χ0v) is 18.9. The molecule has 1 N–H and O–H groups in total. The van der Waals surface area contributed by atoms with E-state index >= 15 is 0 Å². The molecule has 1 saturated heterocycles. The van der Waals surface area contributed by atoms with Crippen LogP contribution < -0.4 is 5.32 Å². The van der Waals surface area contributed by atoms with Crippen molar-refractivity contribution in [2.24, 2.45) is 5.92 Å². The summed E-state index contributed by atoms with van der Waals surface area (Å²) >= 11 is 0. The van der Waals surface area contributed by atoms with Crippen molar-refractivity contribution in [1.29, 1.82) is 0 Å². The minimum Gasteiger partial charge on any atom is -0.345 e. The molecule has 1 aliphatic heterocycles. The van der Waals surface area contributed by atoms with Crippen molar-refractivity contribution >= 4 is 15.9 Å². The zero-order valence-electron chi connectivity index (χ0n) is 18.1. The van der Waals surface area contributed by atoms with E-state index in [0.717, 1.165) is 22.0 Å². The average Bonchev–Trinajstić information content (AvgIpc) is 2.85. The van der Waals surface area contributed by atoms with Crippen LogP contribution in [0.4, 0.5) is 13.2 Å². The molecule has 1 aliphatic rings. The summed E-state index contributed by atoms with van der Waals surface area (Å²) < 4.78 is 67.7. The number of carbonyl (C=O) groups is 1. The Morgan fingerprint density at radius 2 is 1.44 bits per heavy atom. The maximum atomic E-state index is 14.1. The minimum absolute atomic E-state index is 0.00290. The maximum absolute atomic E-state index is 14.1. The molecule has 0 bridgehead atoms. The number of nitrogens with one attached hydrogen (secondary N) is 1. The number of hydrogen-bond donors (Lipinski definition) is 1. The first-order valence-corrected chi connectivity index (χ1v) is 12.3. The van der Waals surface area contributed by atoms with Crippen LogP contribution in [0, 0.1) is 23.4 Å². The Morgan fingerprint density at radius 1 is 0.853 bits per heavy atom. The van der Waals surface area contributed by atoms with Gasteiger partial charge in [-0.25, -0.2) is 21.6 Å². The molecule has 0 aromatic heterocycles. The highest BCUT2D eigenvalue weighted by molar-refractivity contribution is 7.89. The van der Waals surface area contributed by atoms with E-state index in [-0.39, 0.29) is 37.7 Å². The monoisotopic (exact) mass is 488 g/mol. The van der Waals surface area contributed by atoms with Crippen LogP contribution in [-0.4, -0.2) is 31.7 Å². The van der Waals surface area contributed by atoms with Crippen LogP contribution in [0.25, 0.3) is 0 Å². The van der Waals surface area contributed by atoms with Crippen molar-refractivity contribution in [3.8, 4) is 0 Å². The van der Waals surface area contributed by atoms with Crippen LogP contribution in [0.3, 0.4) is 0 Å². The summed E-state index contributed by atoms with van der Waals surface area (Å²) in [5.41, 5.74) is 1.53. The molecule has 5 nitrogen and oxygen atoms in total. The number of amides is 1. The van der Waals surface area contributed by atoms with Gasteiger partial charge in [-0.15, -0.1) is 0 Å². The van der Waals surface area contributed by atoms with Crippen molar-refractivity contribution in [3.05, 3.63) is 101 Å². The van der Waals surface area contributed by atoms with Gasteiger partial charge in [-0.1, -0.05) is 42.5 Å². The SMILES string of the molecule is O=C(NC(c1ccccc1)c1ccc(F)cc1)C1CCN(S(=O)(=O)c2cc(F)ccc2F)CC1. The molecule has 1 unspecified atom stereocenters. The van der Waals surface area contributed by atoms with Crippen LogP contribution in [-0.2, 0) is 14.8 Å². The second kappa shape index (κ2) is 9.99. The van der Waals surface area contributed by atoms with Crippen molar-refractivity contribution in [2.45, 2.75) is 23.8 Å². The lowest BCUT2D eigenvalue weighted by molar-refractivity contribution is -0.126. The van der Waals surface area contributed by atoms with Crippen LogP contribution in [0.1, 0.15) is 30.0 Å². The molecule has 1 atom stereocenters. The quantitative estimate of drug-likeness (QED) is 0.559. The van der Waals surface area contributed by atoms with Crippen LogP contribution in [0.5, 0.6) is 0 Å². The number of hydrogen-bond acceptors (Lipinski definition) is 3. The molecule has 178 valence electrons. The number of benzene rings is 3. The molecule has 1 fully saturated rings. The van der Waals surface area contributed by atoms with Gasteiger partial charge in [-0.05, 0) is 54.3 Å². The third-order valence-electron chi connectivity index (χ3n) is 5.96. The summed E-state index contributed by atoms with van der Waals surface area (Å²) in [6.45, 7) is 0.00580. The topological polar surface area (TPSA) is 66.5 Å². The molecule has 0 saturated carbocycles. The van der Waals surface area contributed by atoms with Gasteiger partial charge in [0.15, 0.2) is 0 Å². The number of nitrogens with zero attached hydrogens (tertiary/aromatic N) is 1. The summed E-state index contributed by atoms with van der Waals surface area (Å²) in [6.07, 6.45) is 0.458. The molecule has 4 rings (SSSR count). The van der Waals surface area contributed by atoms with Crippen LogP contribution >= 0.6 is 0 Å². The molecule has 0 spiro atoms. The Balaban J connectivity index is 1.47. The third-order valence-corrected chi connectivity index (χ3v) is 7.87. The normalized spacial score (nSPS) is 16.2. The van der Waals surface area contributed by atoms with E-state index in [9.17, 15) is 26.4 Å². The average molecular weight is 489 g/mol. The van der Waals surface area contributed by atoms with Crippen molar-refractivity contribution in [2.75, 3.05) is 13.1 Å². The van der Waals surface area contributed by atoms with E-state index in [1.807, 2.05) is 30.3 Å². The fraction of sp³-hybridized carbons (Fsp3) is 0.240. The summed E-state index contributed by atoms with van der Waals surface area (Å²) in [6, 6.07) is 16.9. The molecule has 0 aliphatic carbocycles. The standard InChI is InChI=1S/C25H23F3N2O3S/c26-20-8-6-18(7-9-20)24(17-4-2-1-3-5-17)29-25(31)19-12-14-30(15-13-19)34(32,33)23-16-21(27)10-11-22(23)28/h1-11,16,19,24H,12-15H2,(H,29,31). The molecule has 9 heteroatoms. The van der Waals surface area contributed by atoms with Crippen LogP contribution in [0.15, 0.2) is 77.7 Å². The number of rotatable bonds is 6. The van der Waals surface area contributed by atoms with Gasteiger partial charge in [0.2, 0.25) is 15.9 Å². The van der Waals surface area contributed by atoms with Gasteiger partial charge in [0, 0.05) is 19.0 Å². The Kier molecular flexibility index (Phi) is 7.04. The smallest absolute Gasteiger partial charge is 0.246 e. The lowest BCUT2D eigenvalue weighted by atomic mass is 9.94. The maximum Gasteiger partial charge on any atom is 0.246 e. The molecule has 1 heterocycles. The van der Waals surface area contributed by atoms with E-state index in [1.54, 1.807) is 12.1 Å². The highest BCUT2D eigenvalue weighted by Gasteiger charge is 2.34. The molecule has 3 aromatic rings. The summed E-state index contributed by atoms with van der Waals surface area (Å²) in [5, 5.41) is 3.00. The Hall–Kier alpha value is -3.17. The van der Waals surface area contributed by atoms with Gasteiger partial charge in [-0.3, -0.25) is 4.79 Å². The van der Waals surface area contributed by atoms with E-state index in [4.69, 9.17) is 0 Å². The van der Waals surface area contributed by atoms with E-state index < -0.39 is 38.5 Å². The number of piperidine rings is 1. The van der Waals surface area contributed by atoms with Gasteiger partial charge >= 0.3 is 0 Å². The first-order chi connectivity index (χ1) is 16.3. The fourth-order valence-electron chi connectivity index (χ4n) is 4.09. The lowest BCUT2D eigenvalue weighted by Gasteiger charge is -2.31. The van der Waals surface area contributed by atoms with Gasteiger partial charge in [0.25, 0.3) is 0 Å². The predicted octanol–water partition coefficient (Wildman–Crippen LogP) is 4.41. The molecule has 1 amide bonds. The predicted molar refractivity (Wildman–Crippen MR) is 121 cm³/mol. The summed E-state index contributed by atoms with van der Waals surface area (Å²) in [5.74, 6) is -2.97. The highest BCUT2D eigenvalue weighted by atomic mass is 32.2. The number of halogens is 3.